The van der Waals surface area contributed by atoms with Gasteiger partial charge in [0.25, 0.3) is 0 Å². The van der Waals surface area contributed by atoms with Crippen LogP contribution in [0.1, 0.15) is 107 Å². The Labute approximate surface area is 183 Å². The van der Waals surface area contributed by atoms with E-state index in [-0.39, 0.29) is 0 Å². The van der Waals surface area contributed by atoms with E-state index in [9.17, 15) is 4.39 Å². The van der Waals surface area contributed by atoms with E-state index in [2.05, 4.69) is 31.2 Å². The number of hydrogen-bond acceptors (Lipinski definition) is 1. The van der Waals surface area contributed by atoms with Gasteiger partial charge < -0.3 is 0 Å². The molecule has 0 atom stereocenters. The Morgan fingerprint density at radius 1 is 0.933 bits per heavy atom. The van der Waals surface area contributed by atoms with E-state index in [1.807, 2.05) is 0 Å². The van der Waals surface area contributed by atoms with Crippen molar-refractivity contribution in [2.75, 3.05) is 0 Å². The van der Waals surface area contributed by atoms with Crippen LogP contribution in [-0.2, 0) is 6.42 Å². The van der Waals surface area contributed by atoms with Crippen LogP contribution in [-0.4, -0.2) is 0 Å². The van der Waals surface area contributed by atoms with E-state index >= 15 is 0 Å². The van der Waals surface area contributed by atoms with E-state index in [1.54, 1.807) is 17.7 Å². The average Bonchev–Trinajstić information content (AvgIpc) is 2.79. The van der Waals surface area contributed by atoms with E-state index in [1.165, 1.54) is 82.6 Å². The predicted molar refractivity (Wildman–Crippen MR) is 124 cm³/mol. The Balaban J connectivity index is 1.27. The molecule has 1 aromatic rings. The first kappa shape index (κ1) is 23.1. The lowest BCUT2D eigenvalue weighted by Gasteiger charge is -2.29. The molecule has 1 nitrogen and oxygen atoms in total. The minimum atomic E-state index is -0.596. The maximum absolute atomic E-state index is 13.1. The molecule has 164 valence electrons. The monoisotopic (exact) mass is 409 g/mol. The van der Waals surface area contributed by atoms with Gasteiger partial charge in [-0.2, -0.15) is 9.65 Å². The fraction of sp³-hybridized carbons (Fsp3) is 0.679. The molecule has 0 amide bonds. The van der Waals surface area contributed by atoms with Crippen molar-refractivity contribution in [3.8, 4) is 6.07 Å². The lowest BCUT2D eigenvalue weighted by molar-refractivity contribution is 0.272. The van der Waals surface area contributed by atoms with Crippen LogP contribution in [0, 0.1) is 29.1 Å². The Kier molecular flexibility index (Phi) is 9.44. The molecule has 0 spiro atoms. The molecule has 0 aromatic heterocycles. The number of rotatable bonds is 9. The smallest absolute Gasteiger partial charge is 0.195 e. The Morgan fingerprint density at radius 3 is 2.03 bits per heavy atom. The summed E-state index contributed by atoms with van der Waals surface area (Å²) in [5.74, 6) is 2.24. The summed E-state index contributed by atoms with van der Waals surface area (Å²) in [6.07, 6.45) is 19.6. The highest BCUT2D eigenvalue weighted by Gasteiger charge is 2.23. The SMILES string of the molecule is CCCc1ccc([C@H]2CC[C@H](CCCC[C@H]3CC[C@H](C=C(F)C#N)CC3)CC2)cc1. The standard InChI is InChI=1S/C28H40FN/c1-2-5-22-12-16-26(17-13-22)27-18-14-24(15-19-27)7-4-3-6-23-8-10-25(11-9-23)20-28(29)21-30/h12-13,16-17,20,23-25,27H,2-11,14-15,18-19H2,1H3/t23-,24-,25-,27-. The van der Waals surface area contributed by atoms with E-state index in [0.29, 0.717) is 5.92 Å². The van der Waals surface area contributed by atoms with Crippen molar-refractivity contribution in [2.24, 2.45) is 17.8 Å². The largest absolute Gasteiger partial charge is 0.196 e. The van der Waals surface area contributed by atoms with Gasteiger partial charge in [0.2, 0.25) is 0 Å². The Hall–Kier alpha value is -1.62. The highest BCUT2D eigenvalue weighted by atomic mass is 19.1. The highest BCUT2D eigenvalue weighted by Crippen LogP contribution is 2.38. The van der Waals surface area contributed by atoms with E-state index in [0.717, 1.165) is 30.6 Å². The molecule has 30 heavy (non-hydrogen) atoms. The van der Waals surface area contributed by atoms with Crippen LogP contribution in [0.25, 0.3) is 0 Å². The number of halogens is 1. The van der Waals surface area contributed by atoms with Crippen LogP contribution >= 0.6 is 0 Å². The van der Waals surface area contributed by atoms with E-state index < -0.39 is 5.83 Å². The van der Waals surface area contributed by atoms with Crippen molar-refractivity contribution < 1.29 is 4.39 Å². The number of unbranched alkanes of at least 4 members (excludes halogenated alkanes) is 1. The van der Waals surface area contributed by atoms with Crippen molar-refractivity contribution in [2.45, 2.75) is 103 Å². The molecule has 0 N–H and O–H groups in total. The van der Waals surface area contributed by atoms with Gasteiger partial charge >= 0.3 is 0 Å². The zero-order valence-corrected chi connectivity index (χ0v) is 18.9. The molecule has 0 heterocycles. The molecule has 0 saturated heterocycles. The van der Waals surface area contributed by atoms with Crippen LogP contribution in [0.15, 0.2) is 36.2 Å². The van der Waals surface area contributed by atoms with Crippen molar-refractivity contribution in [3.05, 3.63) is 47.3 Å². The highest BCUT2D eigenvalue weighted by molar-refractivity contribution is 5.25. The van der Waals surface area contributed by atoms with Gasteiger partial charge in [-0.3, -0.25) is 0 Å². The van der Waals surface area contributed by atoms with Gasteiger partial charge in [-0.25, -0.2) is 0 Å². The molecular formula is C28H40FN. The van der Waals surface area contributed by atoms with Crippen molar-refractivity contribution in [1.82, 2.24) is 0 Å². The average molecular weight is 410 g/mol. The van der Waals surface area contributed by atoms with Gasteiger partial charge in [0, 0.05) is 0 Å². The molecule has 2 saturated carbocycles. The number of aryl methyl sites for hydroxylation is 1. The van der Waals surface area contributed by atoms with Crippen LogP contribution in [0.4, 0.5) is 4.39 Å². The summed E-state index contributed by atoms with van der Waals surface area (Å²) in [6.45, 7) is 2.25. The predicted octanol–water partition coefficient (Wildman–Crippen LogP) is 8.66. The molecule has 2 fully saturated rings. The molecule has 2 aliphatic rings. The van der Waals surface area contributed by atoms with Crippen molar-refractivity contribution in [1.29, 1.82) is 5.26 Å². The normalized spacial score (nSPS) is 27.6. The molecule has 3 rings (SSSR count). The summed E-state index contributed by atoms with van der Waals surface area (Å²) in [6, 6.07) is 11.1. The van der Waals surface area contributed by atoms with Crippen LogP contribution < -0.4 is 0 Å². The third-order valence-corrected chi connectivity index (χ3v) is 7.69. The third kappa shape index (κ3) is 7.26. The first-order chi connectivity index (χ1) is 14.7. The number of benzene rings is 1. The second kappa shape index (κ2) is 12.3. The topological polar surface area (TPSA) is 23.8 Å². The lowest BCUT2D eigenvalue weighted by atomic mass is 9.76. The van der Waals surface area contributed by atoms with Crippen molar-refractivity contribution in [3.63, 3.8) is 0 Å². The van der Waals surface area contributed by atoms with Crippen LogP contribution in [0.3, 0.4) is 0 Å². The maximum atomic E-state index is 13.1. The number of nitriles is 1. The first-order valence-electron chi connectivity index (χ1n) is 12.5. The van der Waals surface area contributed by atoms with Crippen LogP contribution in [0.5, 0.6) is 0 Å². The second-order valence-corrected chi connectivity index (χ2v) is 9.90. The molecule has 0 aliphatic heterocycles. The minimum Gasteiger partial charge on any atom is -0.195 e. The lowest BCUT2D eigenvalue weighted by Crippen LogP contribution is -2.14. The number of nitrogens with zero attached hydrogens (tertiary/aromatic N) is 1. The zero-order valence-electron chi connectivity index (χ0n) is 18.9. The van der Waals surface area contributed by atoms with Gasteiger partial charge in [-0.15, -0.1) is 0 Å². The quantitative estimate of drug-likeness (QED) is 0.296. The fourth-order valence-electron chi connectivity index (χ4n) is 5.78. The minimum absolute atomic E-state index is 0.291. The second-order valence-electron chi connectivity index (χ2n) is 9.90. The Morgan fingerprint density at radius 2 is 1.50 bits per heavy atom. The molecule has 1 aromatic carbocycles. The van der Waals surface area contributed by atoms with E-state index in [4.69, 9.17) is 5.26 Å². The first-order valence-corrected chi connectivity index (χ1v) is 12.5. The summed E-state index contributed by atoms with van der Waals surface area (Å²) < 4.78 is 13.1. The molecule has 2 heteroatoms. The number of hydrogen-bond donors (Lipinski definition) is 0. The molecule has 2 aliphatic carbocycles. The number of allylic oxidation sites excluding steroid dienone is 2. The van der Waals surface area contributed by atoms with Crippen LogP contribution in [0.2, 0.25) is 0 Å². The van der Waals surface area contributed by atoms with Gasteiger partial charge in [0.1, 0.15) is 6.07 Å². The fourth-order valence-corrected chi connectivity index (χ4v) is 5.78. The summed E-state index contributed by atoms with van der Waals surface area (Å²) >= 11 is 0. The van der Waals surface area contributed by atoms with Crippen molar-refractivity contribution >= 4 is 0 Å². The summed E-state index contributed by atoms with van der Waals surface area (Å²) in [5, 5.41) is 8.58. The molecule has 0 unspecified atom stereocenters. The van der Waals surface area contributed by atoms with Gasteiger partial charge in [0.05, 0.1) is 0 Å². The maximum Gasteiger partial charge on any atom is 0.196 e. The van der Waals surface area contributed by atoms with Gasteiger partial charge in [-0.1, -0.05) is 63.3 Å². The molecular weight excluding hydrogens is 369 g/mol. The molecule has 0 bridgehead atoms. The third-order valence-electron chi connectivity index (χ3n) is 7.69. The van der Waals surface area contributed by atoms with Gasteiger partial charge in [0.15, 0.2) is 5.83 Å². The summed E-state index contributed by atoms with van der Waals surface area (Å²) in [7, 11) is 0. The zero-order chi connectivity index (χ0) is 21.2. The summed E-state index contributed by atoms with van der Waals surface area (Å²) in [4.78, 5) is 0. The van der Waals surface area contributed by atoms with Gasteiger partial charge in [-0.05, 0) is 98.7 Å². The Bertz CT molecular complexity index is 682. The molecule has 0 radical (unpaired) electrons. The summed E-state index contributed by atoms with van der Waals surface area (Å²) in [5.41, 5.74) is 3.04.